The van der Waals surface area contributed by atoms with Crippen LogP contribution in [0.3, 0.4) is 0 Å². The smallest absolute Gasteiger partial charge is 0.345 e. The number of aromatic nitrogens is 4. The van der Waals surface area contributed by atoms with E-state index in [2.05, 4.69) is 21.4 Å². The molecule has 7 nitrogen and oxygen atoms in total. The molecule has 1 amide bonds. The predicted octanol–water partition coefficient (Wildman–Crippen LogP) is 5.56. The summed E-state index contributed by atoms with van der Waals surface area (Å²) in [4.78, 5) is 13.4. The Morgan fingerprint density at radius 2 is 1.95 bits per heavy atom. The molecule has 0 saturated heterocycles. The van der Waals surface area contributed by atoms with Crippen LogP contribution in [-0.4, -0.2) is 25.7 Å². The van der Waals surface area contributed by atoms with E-state index in [4.69, 9.17) is 6.42 Å². The first-order valence-corrected chi connectivity index (χ1v) is 12.2. The summed E-state index contributed by atoms with van der Waals surface area (Å²) in [6.45, 7) is 5.56. The van der Waals surface area contributed by atoms with Gasteiger partial charge in [0.25, 0.3) is 5.91 Å². The Hall–Kier alpha value is -4.65. The molecule has 4 aromatic rings. The van der Waals surface area contributed by atoms with Gasteiger partial charge in [-0.2, -0.15) is 13.2 Å². The highest BCUT2D eigenvalue weighted by molar-refractivity contribution is 5.97. The molecule has 3 heterocycles. The number of pyridine rings is 2. The average molecular weight is 535 g/mol. The summed E-state index contributed by atoms with van der Waals surface area (Å²) in [5, 5.41) is 21.4. The van der Waals surface area contributed by atoms with Crippen molar-refractivity contribution in [1.82, 2.24) is 19.9 Å². The summed E-state index contributed by atoms with van der Waals surface area (Å²) < 4.78 is 40.8. The molecule has 0 aliphatic rings. The Bertz CT molecular complexity index is 1600. The fourth-order valence-electron chi connectivity index (χ4n) is 4.21. The number of hydrogen-bond acceptors (Lipinski definition) is 4. The minimum Gasteiger partial charge on any atom is -0.345 e. The lowest BCUT2D eigenvalue weighted by molar-refractivity contribution is -0.915. The Morgan fingerprint density at radius 3 is 2.56 bits per heavy atom. The van der Waals surface area contributed by atoms with Gasteiger partial charge in [-0.15, -0.1) is 22.5 Å². The van der Waals surface area contributed by atoms with E-state index in [9.17, 15) is 23.2 Å². The van der Waals surface area contributed by atoms with E-state index in [0.717, 1.165) is 29.0 Å². The third-order valence-electron chi connectivity index (χ3n) is 6.35. The lowest BCUT2D eigenvalue weighted by Crippen LogP contribution is -2.40. The fraction of sp³-hybridized carbons (Fsp3) is 0.241. The van der Waals surface area contributed by atoms with Crippen LogP contribution in [0.2, 0.25) is 0 Å². The van der Waals surface area contributed by atoms with Gasteiger partial charge in [-0.3, -0.25) is 14.4 Å². The average Bonchev–Trinajstić information content (AvgIpc) is 3.32. The normalized spacial score (nSPS) is 12.8. The van der Waals surface area contributed by atoms with Crippen molar-refractivity contribution in [3.05, 3.63) is 89.1 Å². The van der Waals surface area contributed by atoms with E-state index in [-0.39, 0.29) is 10.3 Å². The molecule has 200 valence electrons. The quantitative estimate of drug-likeness (QED) is 0.185. The molecule has 0 radical (unpaired) electrons. The molecule has 0 spiro atoms. The van der Waals surface area contributed by atoms with E-state index in [1.54, 1.807) is 23.6 Å². The van der Waals surface area contributed by atoms with Crippen molar-refractivity contribution >= 4 is 17.1 Å². The van der Waals surface area contributed by atoms with Crippen LogP contribution in [0.25, 0.3) is 22.3 Å². The van der Waals surface area contributed by atoms with Crippen LogP contribution in [0.4, 0.5) is 13.2 Å². The first kappa shape index (κ1) is 27.4. The molecule has 4 rings (SSSR count). The van der Waals surface area contributed by atoms with Gasteiger partial charge in [-0.25, -0.2) is 0 Å². The summed E-state index contributed by atoms with van der Waals surface area (Å²) in [6, 6.07) is 10.7. The molecule has 0 aliphatic heterocycles. The molecule has 1 unspecified atom stereocenters. The Balaban J connectivity index is 1.76. The van der Waals surface area contributed by atoms with Crippen molar-refractivity contribution in [3.8, 4) is 23.5 Å². The van der Waals surface area contributed by atoms with Crippen LogP contribution in [0.5, 0.6) is 0 Å². The molecule has 3 aromatic heterocycles. The molecule has 2 N–H and O–H groups in total. The summed E-state index contributed by atoms with van der Waals surface area (Å²) in [5.74, 6) is 2.68. The van der Waals surface area contributed by atoms with E-state index in [0.29, 0.717) is 35.4 Å². The number of amides is 1. The maximum absolute atomic E-state index is 13.4. The highest BCUT2D eigenvalue weighted by atomic mass is 19.4. The summed E-state index contributed by atoms with van der Waals surface area (Å²) in [6.07, 6.45) is 6.23. The van der Waals surface area contributed by atoms with Gasteiger partial charge in [0.05, 0.1) is 11.6 Å². The standard InChI is InChI=1S/C29H26F3N5O2/c1-5-7-8-20(6-2)26-34-35-27-24(21-11-9-18(3)10-12-21)15-23(16-36(26)27)28(38)33-19(4)22-13-14-25(29(30,31)32)37(39)17-22/h1,8-17,19H,6-7H2,2-4H3,(H-,33,38,39)/p+1/b20-8+. The van der Waals surface area contributed by atoms with Crippen LogP contribution < -0.4 is 10.0 Å². The monoisotopic (exact) mass is 534 g/mol. The molecular formula is C29H27F3N5O2+. The summed E-state index contributed by atoms with van der Waals surface area (Å²) in [5.41, 5.74) is 3.38. The number of halogens is 3. The van der Waals surface area contributed by atoms with E-state index in [1.807, 2.05) is 44.2 Å². The number of aryl methyl sites for hydroxylation is 1. The molecule has 1 atom stereocenters. The van der Waals surface area contributed by atoms with E-state index < -0.39 is 23.8 Å². The van der Waals surface area contributed by atoms with Gasteiger partial charge in [0.2, 0.25) is 6.20 Å². The maximum atomic E-state index is 13.4. The maximum Gasteiger partial charge on any atom is 0.482 e. The van der Waals surface area contributed by atoms with Gasteiger partial charge in [0.15, 0.2) is 11.5 Å². The highest BCUT2D eigenvalue weighted by Crippen LogP contribution is 2.29. The number of benzene rings is 1. The number of carbonyl (C=O) groups excluding carboxylic acids is 1. The number of allylic oxidation sites excluding steroid dienone is 2. The Labute approximate surface area is 223 Å². The molecular weight excluding hydrogens is 507 g/mol. The van der Waals surface area contributed by atoms with Crippen LogP contribution in [0.1, 0.15) is 65.7 Å². The second kappa shape index (κ2) is 11.0. The van der Waals surface area contributed by atoms with Gasteiger partial charge in [-0.05, 0) is 43.5 Å². The first-order chi connectivity index (χ1) is 18.5. The second-order valence-electron chi connectivity index (χ2n) is 9.10. The van der Waals surface area contributed by atoms with E-state index in [1.165, 1.54) is 6.07 Å². The third-order valence-corrected chi connectivity index (χ3v) is 6.35. The zero-order chi connectivity index (χ0) is 28.3. The lowest BCUT2D eigenvalue weighted by atomic mass is 10.0. The van der Waals surface area contributed by atoms with Crippen LogP contribution in [-0.2, 0) is 6.18 Å². The molecule has 1 aromatic carbocycles. The molecule has 10 heteroatoms. The van der Waals surface area contributed by atoms with Crippen molar-refractivity contribution in [3.63, 3.8) is 0 Å². The molecule has 0 aliphatic carbocycles. The lowest BCUT2D eigenvalue weighted by Gasteiger charge is -2.15. The van der Waals surface area contributed by atoms with Crippen molar-refractivity contribution in [2.75, 3.05) is 0 Å². The van der Waals surface area contributed by atoms with E-state index >= 15 is 0 Å². The second-order valence-corrected chi connectivity index (χ2v) is 9.10. The number of rotatable bonds is 7. The van der Waals surface area contributed by atoms with Gasteiger partial charge < -0.3 is 5.32 Å². The summed E-state index contributed by atoms with van der Waals surface area (Å²) >= 11 is 0. The largest absolute Gasteiger partial charge is 0.482 e. The summed E-state index contributed by atoms with van der Waals surface area (Å²) in [7, 11) is 0. The first-order valence-electron chi connectivity index (χ1n) is 12.2. The Morgan fingerprint density at radius 1 is 1.23 bits per heavy atom. The minimum absolute atomic E-state index is 0.0117. The van der Waals surface area contributed by atoms with Gasteiger partial charge in [0, 0.05) is 34.5 Å². The molecule has 0 bridgehead atoms. The zero-order valence-corrected chi connectivity index (χ0v) is 21.6. The number of fused-ring (bicyclic) bond motifs is 1. The van der Waals surface area contributed by atoms with Crippen LogP contribution >= 0.6 is 0 Å². The molecule has 0 saturated carbocycles. The van der Waals surface area contributed by atoms with Gasteiger partial charge >= 0.3 is 11.9 Å². The zero-order valence-electron chi connectivity index (χ0n) is 21.6. The molecule has 0 fully saturated rings. The topological polar surface area (TPSA) is 83.4 Å². The van der Waals surface area contributed by atoms with Crippen LogP contribution in [0, 0.1) is 19.3 Å². The minimum atomic E-state index is -4.72. The van der Waals surface area contributed by atoms with Crippen molar-refractivity contribution in [2.24, 2.45) is 0 Å². The Kier molecular flexibility index (Phi) is 7.72. The van der Waals surface area contributed by atoms with Crippen molar-refractivity contribution in [1.29, 1.82) is 0 Å². The predicted molar refractivity (Wildman–Crippen MR) is 140 cm³/mol. The van der Waals surface area contributed by atoms with Crippen molar-refractivity contribution < 1.29 is 27.9 Å². The van der Waals surface area contributed by atoms with Gasteiger partial charge in [0.1, 0.15) is 0 Å². The van der Waals surface area contributed by atoms with Gasteiger partial charge in [-0.1, -0.05) is 42.8 Å². The number of terminal acetylenes is 1. The SMILES string of the molecule is C#CC/C=C(\CC)c1nnc2c(-c3ccc(C)cc3)cc(C(=O)NC(C)c3ccc(C(F)(F)F)[n+](O)c3)cn12. The fourth-order valence-corrected chi connectivity index (χ4v) is 4.21. The van der Waals surface area contributed by atoms with Crippen molar-refractivity contribution in [2.45, 2.75) is 45.8 Å². The number of hydrogen-bond donors (Lipinski definition) is 2. The third kappa shape index (κ3) is 5.77. The highest BCUT2D eigenvalue weighted by Gasteiger charge is 2.42. The number of alkyl halides is 3. The number of nitrogens with one attached hydrogen (secondary N) is 1. The van der Waals surface area contributed by atoms with Crippen LogP contribution in [0.15, 0.2) is 60.9 Å². The molecule has 39 heavy (non-hydrogen) atoms. The number of nitrogens with zero attached hydrogens (tertiary/aromatic N) is 4. The number of carbonyl (C=O) groups is 1.